The number of halogens is 1. The molecule has 21 heavy (non-hydrogen) atoms. The second-order valence-corrected chi connectivity index (χ2v) is 5.14. The number of rotatable bonds is 4. The highest BCUT2D eigenvalue weighted by Gasteiger charge is 2.29. The Morgan fingerprint density at radius 2 is 1.71 bits per heavy atom. The molecule has 0 bridgehead atoms. The van der Waals surface area contributed by atoms with Crippen LogP contribution >= 0.6 is 11.8 Å². The normalized spacial score (nSPS) is 15.3. The van der Waals surface area contributed by atoms with Crippen LogP contribution in [0.4, 0.5) is 0 Å². The van der Waals surface area contributed by atoms with Gasteiger partial charge >= 0.3 is 0 Å². The first kappa shape index (κ1) is 17.8. The number of nitrogens with zero attached hydrogens (tertiary/aromatic N) is 3. The van der Waals surface area contributed by atoms with Gasteiger partial charge < -0.3 is 5.11 Å². The summed E-state index contributed by atoms with van der Waals surface area (Å²) in [5.74, 6) is 0. The van der Waals surface area contributed by atoms with Crippen LogP contribution in [0.15, 0.2) is 41.7 Å². The minimum Gasteiger partial charge on any atom is -0.397 e. The Morgan fingerprint density at radius 1 is 1.14 bits per heavy atom. The van der Waals surface area contributed by atoms with E-state index in [0.29, 0.717) is 0 Å². The number of allylic oxidation sites excluding steroid dienone is 2. The highest BCUT2D eigenvalue weighted by Crippen LogP contribution is 2.30. The van der Waals surface area contributed by atoms with E-state index in [4.69, 9.17) is 16.9 Å². The lowest BCUT2D eigenvalue weighted by Crippen LogP contribution is -2.41. The quantitative estimate of drug-likeness (QED) is 0.863. The highest BCUT2D eigenvalue weighted by atomic mass is 35.5. The van der Waals surface area contributed by atoms with Gasteiger partial charge in [-0.3, -0.25) is 5.01 Å². The predicted molar refractivity (Wildman–Crippen MR) is 88.1 cm³/mol. The molecule has 1 aromatic carbocycles. The molecule has 0 aromatic heterocycles. The van der Waals surface area contributed by atoms with Gasteiger partial charge in [0.05, 0.1) is 11.4 Å². The summed E-state index contributed by atoms with van der Waals surface area (Å²) in [7, 11) is 2.05. The van der Waals surface area contributed by atoms with Crippen LogP contribution in [0.5, 0.6) is 0 Å². The zero-order chi connectivity index (χ0) is 15.8. The Hall–Kier alpha value is -1.23. The Kier molecular flexibility index (Phi) is 7.57. The summed E-state index contributed by atoms with van der Waals surface area (Å²) >= 11 is 6.36. The van der Waals surface area contributed by atoms with Crippen LogP contribution in [0.3, 0.4) is 0 Å². The molecule has 4 nitrogen and oxygen atoms in total. The summed E-state index contributed by atoms with van der Waals surface area (Å²) in [5, 5.41) is 11.8. The molecule has 0 spiro atoms. The van der Waals surface area contributed by atoms with Crippen LogP contribution in [0, 0.1) is 0 Å². The number of aliphatic hydroxyl groups is 1. The van der Waals surface area contributed by atoms with Gasteiger partial charge in [-0.15, -0.1) is 5.12 Å². The molecule has 0 aliphatic carbocycles. The van der Waals surface area contributed by atoms with E-state index in [0.717, 1.165) is 19.4 Å². The maximum atomic E-state index is 7.57. The number of hydrogen-bond donors (Lipinski definition) is 1. The molecule has 1 aliphatic heterocycles. The fourth-order valence-electron chi connectivity index (χ4n) is 2.25. The van der Waals surface area contributed by atoms with Crippen LogP contribution in [0.2, 0.25) is 0 Å². The minimum atomic E-state index is 0.250. The lowest BCUT2D eigenvalue weighted by atomic mass is 10.1. The van der Waals surface area contributed by atoms with Gasteiger partial charge in [0.2, 0.25) is 0 Å². The molecule has 118 valence electrons. The molecule has 0 saturated carbocycles. The smallest absolute Gasteiger partial charge is 0.0701 e. The predicted octanol–water partition coefficient (Wildman–Crippen LogP) is 3.40. The third-order valence-electron chi connectivity index (χ3n) is 3.45. The summed E-state index contributed by atoms with van der Waals surface area (Å²) in [6.45, 7) is 7.05. The third-order valence-corrected chi connectivity index (χ3v) is 3.83. The van der Waals surface area contributed by atoms with Gasteiger partial charge in [0.15, 0.2) is 0 Å². The highest BCUT2D eigenvalue weighted by molar-refractivity contribution is 6.14. The van der Waals surface area contributed by atoms with Crippen LogP contribution in [0.25, 0.3) is 0 Å². The molecule has 0 unspecified atom stereocenters. The van der Waals surface area contributed by atoms with E-state index >= 15 is 0 Å². The number of hydrogen-bond acceptors (Lipinski definition) is 4. The van der Waals surface area contributed by atoms with Crippen molar-refractivity contribution >= 4 is 11.8 Å². The van der Waals surface area contributed by atoms with Crippen LogP contribution in [-0.2, 0) is 6.42 Å². The molecule has 2 rings (SSSR count). The second kappa shape index (κ2) is 8.93. The first-order valence-corrected chi connectivity index (χ1v) is 7.72. The molecule has 0 radical (unpaired) electrons. The Balaban J connectivity index is 0.000000677. The van der Waals surface area contributed by atoms with Gasteiger partial charge in [-0.25, -0.2) is 0 Å². The van der Waals surface area contributed by atoms with E-state index < -0.39 is 0 Å². The zero-order valence-corrected chi connectivity index (χ0v) is 14.1. The zero-order valence-electron chi connectivity index (χ0n) is 13.4. The van der Waals surface area contributed by atoms with Crippen LogP contribution < -0.4 is 0 Å². The number of aliphatic hydroxyl groups excluding tert-OH is 1. The van der Waals surface area contributed by atoms with Gasteiger partial charge in [0.25, 0.3) is 0 Å². The Labute approximate surface area is 133 Å². The van der Waals surface area contributed by atoms with Crippen molar-refractivity contribution in [2.24, 2.45) is 0 Å². The molecule has 0 atom stereocenters. The van der Waals surface area contributed by atoms with Crippen molar-refractivity contribution in [1.29, 1.82) is 0 Å². The number of benzene rings is 1. The first-order chi connectivity index (χ1) is 10.1. The van der Waals surface area contributed by atoms with Gasteiger partial charge in [-0.05, 0) is 32.3 Å². The van der Waals surface area contributed by atoms with E-state index in [2.05, 4.69) is 55.3 Å². The van der Waals surface area contributed by atoms with Crippen LogP contribution in [0.1, 0.15) is 32.8 Å². The molecule has 0 amide bonds. The molecule has 1 aliphatic rings. The molecular weight excluding hydrogens is 286 g/mol. The summed E-state index contributed by atoms with van der Waals surface area (Å²) in [6.07, 6.45) is 1.93. The molecule has 0 saturated heterocycles. The fraction of sp³-hybridized carbons (Fsp3) is 0.500. The van der Waals surface area contributed by atoms with Crippen molar-refractivity contribution in [3.05, 3.63) is 47.3 Å². The summed E-state index contributed by atoms with van der Waals surface area (Å²) in [4.78, 5) is 0. The molecular formula is C16H26ClN3O. The van der Waals surface area contributed by atoms with Gasteiger partial charge in [-0.1, -0.05) is 37.3 Å². The monoisotopic (exact) mass is 311 g/mol. The molecule has 1 N–H and O–H groups in total. The lowest BCUT2D eigenvalue weighted by Gasteiger charge is -2.30. The molecule has 1 aromatic rings. The summed E-state index contributed by atoms with van der Waals surface area (Å²) < 4.78 is 1.75. The topological polar surface area (TPSA) is 30.0 Å². The lowest BCUT2D eigenvalue weighted by molar-refractivity contribution is -0.0520. The van der Waals surface area contributed by atoms with Crippen molar-refractivity contribution in [2.75, 3.05) is 20.2 Å². The number of hydrazine groups is 2. The summed E-state index contributed by atoms with van der Waals surface area (Å²) in [6, 6.07) is 10.5. The average molecular weight is 312 g/mol. The second-order valence-electron chi connectivity index (χ2n) is 4.82. The maximum absolute atomic E-state index is 7.57. The van der Waals surface area contributed by atoms with E-state index in [9.17, 15) is 0 Å². The van der Waals surface area contributed by atoms with Crippen molar-refractivity contribution in [2.45, 2.75) is 33.6 Å². The van der Waals surface area contributed by atoms with Gasteiger partial charge in [0, 0.05) is 32.0 Å². The third kappa shape index (κ3) is 4.63. The largest absolute Gasteiger partial charge is 0.397 e. The van der Waals surface area contributed by atoms with E-state index in [1.165, 1.54) is 17.0 Å². The van der Waals surface area contributed by atoms with E-state index in [1.54, 1.807) is 11.5 Å². The molecule has 0 fully saturated rings. The Morgan fingerprint density at radius 3 is 2.19 bits per heavy atom. The molecule has 1 heterocycles. The summed E-state index contributed by atoms with van der Waals surface area (Å²) in [5.41, 5.74) is 3.73. The Bertz CT molecular complexity index is 450. The standard InChI is InChI=1S/C14H20ClN3.C2H6O/c1-4-14-12(2)16(3)17(18(14)15)11-10-13-8-6-5-7-9-13;1-2-3/h5-9H,4,10-11H2,1-3H3;3H,2H2,1H3. The first-order valence-electron chi connectivity index (χ1n) is 7.38. The maximum Gasteiger partial charge on any atom is 0.0701 e. The van der Waals surface area contributed by atoms with Gasteiger partial charge in [0.1, 0.15) is 0 Å². The van der Waals surface area contributed by atoms with Gasteiger partial charge in [-0.2, -0.15) is 4.53 Å². The van der Waals surface area contributed by atoms with Crippen molar-refractivity contribution in [1.82, 2.24) is 14.7 Å². The van der Waals surface area contributed by atoms with Crippen molar-refractivity contribution in [3.63, 3.8) is 0 Å². The van der Waals surface area contributed by atoms with E-state index in [1.807, 2.05) is 6.07 Å². The average Bonchev–Trinajstić information content (AvgIpc) is 2.69. The van der Waals surface area contributed by atoms with Crippen LogP contribution in [-0.4, -0.2) is 40.0 Å². The van der Waals surface area contributed by atoms with Crippen molar-refractivity contribution < 1.29 is 5.11 Å². The molecule has 5 heteroatoms. The van der Waals surface area contributed by atoms with E-state index in [-0.39, 0.29) is 6.61 Å². The van der Waals surface area contributed by atoms with Crippen molar-refractivity contribution in [3.8, 4) is 0 Å². The SMILES string of the molecule is CCC1=C(C)N(C)N(CCc2ccccc2)N1Cl.CCO. The fourth-order valence-corrected chi connectivity index (χ4v) is 2.67. The minimum absolute atomic E-state index is 0.250.